The Morgan fingerprint density at radius 1 is 1.15 bits per heavy atom. The van der Waals surface area contributed by atoms with E-state index < -0.39 is 0 Å². The van der Waals surface area contributed by atoms with Crippen LogP contribution in [0.15, 0.2) is 0 Å². The molecule has 1 atom stereocenters. The van der Waals surface area contributed by atoms with Gasteiger partial charge in [0.25, 0.3) is 0 Å². The summed E-state index contributed by atoms with van der Waals surface area (Å²) < 4.78 is 0. The molecule has 0 aromatic heterocycles. The molecule has 0 spiro atoms. The maximum atomic E-state index is 3.49. The molecule has 1 N–H and O–H groups in total. The third kappa shape index (κ3) is 9.88. The maximum absolute atomic E-state index is 3.49. The lowest BCUT2D eigenvalue weighted by atomic mass is 10.0. The van der Waals surface area contributed by atoms with Gasteiger partial charge in [0.15, 0.2) is 0 Å². The van der Waals surface area contributed by atoms with E-state index in [2.05, 4.69) is 19.2 Å². The zero-order valence-electron chi connectivity index (χ0n) is 10.5. The molecular formula is C12H29N. The molecule has 0 aliphatic carbocycles. The molecule has 0 amide bonds. The first kappa shape index (κ1) is 15.4. The zero-order chi connectivity index (χ0) is 10.7. The van der Waals surface area contributed by atoms with Crippen LogP contribution in [-0.4, -0.2) is 12.6 Å². The van der Waals surface area contributed by atoms with Gasteiger partial charge in [0.1, 0.15) is 0 Å². The van der Waals surface area contributed by atoms with E-state index in [-0.39, 0.29) is 0 Å². The summed E-state index contributed by atoms with van der Waals surface area (Å²) in [4.78, 5) is 0. The number of hydrogen-bond donors (Lipinski definition) is 1. The Balaban J connectivity index is 0. The van der Waals surface area contributed by atoms with Crippen LogP contribution in [0.5, 0.6) is 0 Å². The Kier molecular flexibility index (Phi) is 14.2. The molecular weight excluding hydrogens is 158 g/mol. The fraction of sp³-hybridized carbons (Fsp3) is 1.00. The Morgan fingerprint density at radius 2 is 1.69 bits per heavy atom. The van der Waals surface area contributed by atoms with Crippen LogP contribution in [0, 0.1) is 5.92 Å². The van der Waals surface area contributed by atoms with Crippen molar-refractivity contribution < 1.29 is 0 Å². The third-order valence-corrected chi connectivity index (χ3v) is 1.92. The monoisotopic (exact) mass is 187 g/mol. The van der Waals surface area contributed by atoms with E-state index in [0.717, 1.165) is 12.0 Å². The molecule has 1 heteroatoms. The molecule has 1 fully saturated rings. The first-order chi connectivity index (χ1) is 6.29. The quantitative estimate of drug-likeness (QED) is 0.692. The van der Waals surface area contributed by atoms with Crippen molar-refractivity contribution in [2.75, 3.05) is 6.54 Å². The number of nitrogens with one attached hydrogen (secondary N) is 1. The van der Waals surface area contributed by atoms with Crippen molar-refractivity contribution in [2.24, 2.45) is 5.92 Å². The van der Waals surface area contributed by atoms with Crippen molar-refractivity contribution >= 4 is 0 Å². The SMILES string of the molecule is CC.CC.CC(C)CC1CCCN1. The average molecular weight is 187 g/mol. The molecule has 0 saturated carbocycles. The molecule has 1 aliphatic heterocycles. The lowest BCUT2D eigenvalue weighted by Gasteiger charge is -2.11. The minimum absolute atomic E-state index is 0.838. The van der Waals surface area contributed by atoms with Crippen molar-refractivity contribution in [3.63, 3.8) is 0 Å². The average Bonchev–Trinajstić information content (AvgIpc) is 2.63. The van der Waals surface area contributed by atoms with Crippen LogP contribution < -0.4 is 5.32 Å². The molecule has 1 nitrogen and oxygen atoms in total. The first-order valence-corrected chi connectivity index (χ1v) is 6.02. The van der Waals surface area contributed by atoms with Crippen molar-refractivity contribution in [3.05, 3.63) is 0 Å². The highest BCUT2D eigenvalue weighted by molar-refractivity contribution is 4.74. The Bertz CT molecular complexity index is 73.2. The normalized spacial score (nSPS) is 20.1. The van der Waals surface area contributed by atoms with Gasteiger partial charge in [0.05, 0.1) is 0 Å². The van der Waals surface area contributed by atoms with E-state index >= 15 is 0 Å². The second-order valence-electron chi connectivity index (χ2n) is 3.42. The van der Waals surface area contributed by atoms with Gasteiger partial charge in [0, 0.05) is 6.04 Å². The standard InChI is InChI=1S/C8H17N.2C2H6/c1-7(2)6-8-4-3-5-9-8;2*1-2/h7-9H,3-6H2,1-2H3;2*1-2H3. The lowest BCUT2D eigenvalue weighted by Crippen LogP contribution is -2.22. The summed E-state index contributed by atoms with van der Waals surface area (Å²) in [6, 6.07) is 0.838. The van der Waals surface area contributed by atoms with E-state index in [1.54, 1.807) is 0 Å². The van der Waals surface area contributed by atoms with Crippen LogP contribution in [0.1, 0.15) is 60.8 Å². The molecule has 1 saturated heterocycles. The molecule has 1 unspecified atom stereocenters. The van der Waals surface area contributed by atoms with E-state index in [9.17, 15) is 0 Å². The molecule has 0 radical (unpaired) electrons. The second-order valence-corrected chi connectivity index (χ2v) is 3.42. The molecule has 0 aromatic rings. The van der Waals surface area contributed by atoms with Crippen molar-refractivity contribution in [1.29, 1.82) is 0 Å². The molecule has 0 bridgehead atoms. The Morgan fingerprint density at radius 3 is 2.00 bits per heavy atom. The highest BCUT2D eigenvalue weighted by Crippen LogP contribution is 2.13. The zero-order valence-corrected chi connectivity index (χ0v) is 10.5. The summed E-state index contributed by atoms with van der Waals surface area (Å²) in [5.74, 6) is 0.862. The van der Waals surface area contributed by atoms with E-state index in [0.29, 0.717) is 0 Å². The van der Waals surface area contributed by atoms with Gasteiger partial charge >= 0.3 is 0 Å². The van der Waals surface area contributed by atoms with Crippen molar-refractivity contribution in [1.82, 2.24) is 5.32 Å². The van der Waals surface area contributed by atoms with Gasteiger partial charge in [0.2, 0.25) is 0 Å². The first-order valence-electron chi connectivity index (χ1n) is 6.02. The van der Waals surface area contributed by atoms with Crippen molar-refractivity contribution in [3.8, 4) is 0 Å². The van der Waals surface area contributed by atoms with E-state index in [4.69, 9.17) is 0 Å². The number of rotatable bonds is 2. The van der Waals surface area contributed by atoms with Crippen molar-refractivity contribution in [2.45, 2.75) is 66.8 Å². The van der Waals surface area contributed by atoms with Crippen LogP contribution in [0.2, 0.25) is 0 Å². The number of hydrogen-bond acceptors (Lipinski definition) is 1. The van der Waals surface area contributed by atoms with Gasteiger partial charge in [-0.15, -0.1) is 0 Å². The van der Waals surface area contributed by atoms with Crippen LogP contribution in [0.3, 0.4) is 0 Å². The minimum atomic E-state index is 0.838. The summed E-state index contributed by atoms with van der Waals surface area (Å²) in [5.41, 5.74) is 0. The van der Waals surface area contributed by atoms with Crippen LogP contribution in [0.4, 0.5) is 0 Å². The van der Waals surface area contributed by atoms with Gasteiger partial charge < -0.3 is 5.32 Å². The van der Waals surface area contributed by atoms with Gasteiger partial charge in [-0.25, -0.2) is 0 Å². The summed E-state index contributed by atoms with van der Waals surface area (Å²) in [7, 11) is 0. The van der Waals surface area contributed by atoms with Gasteiger partial charge in [-0.2, -0.15) is 0 Å². The third-order valence-electron chi connectivity index (χ3n) is 1.92. The summed E-state index contributed by atoms with van der Waals surface area (Å²) >= 11 is 0. The lowest BCUT2D eigenvalue weighted by molar-refractivity contribution is 0.464. The molecule has 13 heavy (non-hydrogen) atoms. The largest absolute Gasteiger partial charge is 0.314 e. The molecule has 1 aliphatic rings. The van der Waals surface area contributed by atoms with Gasteiger partial charge in [-0.05, 0) is 31.7 Å². The summed E-state index contributed by atoms with van der Waals surface area (Å²) in [5, 5.41) is 3.49. The molecule has 82 valence electrons. The fourth-order valence-electron chi connectivity index (χ4n) is 1.53. The van der Waals surface area contributed by atoms with Crippen LogP contribution >= 0.6 is 0 Å². The maximum Gasteiger partial charge on any atom is 0.00699 e. The van der Waals surface area contributed by atoms with E-state index in [1.807, 2.05) is 27.7 Å². The predicted octanol–water partition coefficient (Wildman–Crippen LogP) is 3.84. The molecule has 1 heterocycles. The minimum Gasteiger partial charge on any atom is -0.314 e. The topological polar surface area (TPSA) is 12.0 Å². The van der Waals surface area contributed by atoms with Crippen LogP contribution in [-0.2, 0) is 0 Å². The second kappa shape index (κ2) is 12.0. The highest BCUT2D eigenvalue weighted by Gasteiger charge is 2.14. The van der Waals surface area contributed by atoms with Crippen LogP contribution in [0.25, 0.3) is 0 Å². The Labute approximate surface area is 85.3 Å². The molecule has 1 rings (SSSR count). The predicted molar refractivity (Wildman–Crippen MR) is 63.2 cm³/mol. The highest BCUT2D eigenvalue weighted by atomic mass is 14.9. The molecule has 0 aromatic carbocycles. The van der Waals surface area contributed by atoms with E-state index in [1.165, 1.54) is 25.8 Å². The fourth-order valence-corrected chi connectivity index (χ4v) is 1.53. The summed E-state index contributed by atoms with van der Waals surface area (Å²) in [6.45, 7) is 13.8. The smallest absolute Gasteiger partial charge is 0.00699 e. The van der Waals surface area contributed by atoms with Gasteiger partial charge in [-0.3, -0.25) is 0 Å². The van der Waals surface area contributed by atoms with Gasteiger partial charge in [-0.1, -0.05) is 41.5 Å². The summed E-state index contributed by atoms with van der Waals surface area (Å²) in [6.07, 6.45) is 4.15. The Hall–Kier alpha value is -0.0400.